The van der Waals surface area contributed by atoms with Crippen molar-refractivity contribution in [2.75, 3.05) is 11.9 Å². The molecule has 0 saturated carbocycles. The summed E-state index contributed by atoms with van der Waals surface area (Å²) in [6.07, 6.45) is -0.628. The van der Waals surface area contributed by atoms with Gasteiger partial charge in [-0.3, -0.25) is 14.5 Å². The van der Waals surface area contributed by atoms with E-state index in [1.165, 1.54) is 4.90 Å². The fourth-order valence-electron chi connectivity index (χ4n) is 4.41. The van der Waals surface area contributed by atoms with E-state index in [1.807, 2.05) is 31.2 Å². The van der Waals surface area contributed by atoms with Crippen LogP contribution < -0.4 is 10.6 Å². The fourth-order valence-corrected chi connectivity index (χ4v) is 4.63. The Morgan fingerprint density at radius 2 is 1.79 bits per heavy atom. The minimum absolute atomic E-state index is 0.169. The van der Waals surface area contributed by atoms with Crippen LogP contribution in [0.5, 0.6) is 0 Å². The number of carbonyl (C=O) groups excluding carboxylic acids is 3. The van der Waals surface area contributed by atoms with Crippen molar-refractivity contribution in [2.45, 2.75) is 45.9 Å². The van der Waals surface area contributed by atoms with Crippen LogP contribution in [-0.4, -0.2) is 35.4 Å². The largest absolute Gasteiger partial charge is 0.438 e. The molecule has 8 heteroatoms. The molecular formula is C30H32ClN3O4. The van der Waals surface area contributed by atoms with Crippen LogP contribution in [0.2, 0.25) is 5.02 Å². The van der Waals surface area contributed by atoms with Crippen LogP contribution in [0.4, 0.5) is 10.5 Å². The Morgan fingerprint density at radius 3 is 2.53 bits per heavy atom. The van der Waals surface area contributed by atoms with Gasteiger partial charge in [0.05, 0.1) is 6.54 Å². The highest BCUT2D eigenvalue weighted by molar-refractivity contribution is 6.30. The van der Waals surface area contributed by atoms with Crippen LogP contribution in [0, 0.1) is 12.8 Å². The summed E-state index contributed by atoms with van der Waals surface area (Å²) in [5.41, 5.74) is 3.46. The van der Waals surface area contributed by atoms with Crippen molar-refractivity contribution in [1.82, 2.24) is 10.2 Å². The van der Waals surface area contributed by atoms with E-state index in [0.717, 1.165) is 17.5 Å². The summed E-state index contributed by atoms with van der Waals surface area (Å²) in [6.45, 7) is 6.75. The molecule has 3 aromatic rings. The molecule has 0 bridgehead atoms. The number of hydrogen-bond acceptors (Lipinski definition) is 4. The highest BCUT2D eigenvalue weighted by atomic mass is 35.5. The van der Waals surface area contributed by atoms with Crippen molar-refractivity contribution in [2.24, 2.45) is 5.92 Å². The minimum atomic E-state index is -0.892. The zero-order valence-electron chi connectivity index (χ0n) is 21.7. The summed E-state index contributed by atoms with van der Waals surface area (Å²) < 4.78 is 5.76. The highest BCUT2D eigenvalue weighted by Gasteiger charge is 2.47. The average Bonchev–Trinajstić information content (AvgIpc) is 3.20. The molecule has 4 rings (SSSR count). The zero-order chi connectivity index (χ0) is 27.2. The standard InChI is InChI=1S/C30H32ClN3O4/c1-19(2)13-14-32-29(36)26-27(38-30(37)34(26)18-21-8-5-11-24(31)16-21)22-9-6-12-25(17-22)33-28(35)23-10-4-7-20(3)15-23/h4-12,15-17,19,26-27H,13-14,18H2,1-3H3,(H,32,36)(H,33,35). The third-order valence-corrected chi connectivity index (χ3v) is 6.60. The maximum Gasteiger partial charge on any atom is 0.411 e. The van der Waals surface area contributed by atoms with Gasteiger partial charge >= 0.3 is 6.09 Å². The second-order valence-electron chi connectivity index (χ2n) is 9.93. The summed E-state index contributed by atoms with van der Waals surface area (Å²) in [4.78, 5) is 40.7. The number of benzene rings is 3. The van der Waals surface area contributed by atoms with Gasteiger partial charge in [-0.2, -0.15) is 0 Å². The number of nitrogens with one attached hydrogen (secondary N) is 2. The Labute approximate surface area is 228 Å². The van der Waals surface area contributed by atoms with Crippen molar-refractivity contribution in [1.29, 1.82) is 0 Å². The summed E-state index contributed by atoms with van der Waals surface area (Å²) in [6, 6.07) is 20.6. The fraction of sp³-hybridized carbons (Fsp3) is 0.300. The average molecular weight is 534 g/mol. The van der Waals surface area contributed by atoms with Crippen molar-refractivity contribution in [3.8, 4) is 0 Å². The highest BCUT2D eigenvalue weighted by Crippen LogP contribution is 2.35. The van der Waals surface area contributed by atoms with Gasteiger partial charge in [-0.05, 0) is 66.8 Å². The first-order valence-electron chi connectivity index (χ1n) is 12.7. The summed E-state index contributed by atoms with van der Waals surface area (Å²) >= 11 is 6.15. The summed E-state index contributed by atoms with van der Waals surface area (Å²) in [7, 11) is 0. The van der Waals surface area contributed by atoms with E-state index >= 15 is 0 Å². The molecule has 2 N–H and O–H groups in total. The monoisotopic (exact) mass is 533 g/mol. The molecule has 2 atom stereocenters. The van der Waals surface area contributed by atoms with E-state index in [-0.39, 0.29) is 18.4 Å². The first kappa shape index (κ1) is 27.2. The Morgan fingerprint density at radius 1 is 1.03 bits per heavy atom. The summed E-state index contributed by atoms with van der Waals surface area (Å²) in [5, 5.41) is 6.41. The second-order valence-corrected chi connectivity index (χ2v) is 10.4. The maximum absolute atomic E-state index is 13.4. The first-order chi connectivity index (χ1) is 18.2. The molecule has 198 valence electrons. The molecule has 3 aromatic carbocycles. The third-order valence-electron chi connectivity index (χ3n) is 6.37. The Hall–Kier alpha value is -3.84. The molecule has 0 radical (unpaired) electrons. The van der Waals surface area contributed by atoms with Gasteiger partial charge in [0.1, 0.15) is 0 Å². The zero-order valence-corrected chi connectivity index (χ0v) is 22.5. The topological polar surface area (TPSA) is 87.7 Å². The number of rotatable bonds is 9. The van der Waals surface area contributed by atoms with Crippen LogP contribution >= 0.6 is 11.6 Å². The molecule has 2 unspecified atom stereocenters. The number of anilines is 1. The smallest absolute Gasteiger partial charge is 0.411 e. The lowest BCUT2D eigenvalue weighted by molar-refractivity contribution is -0.126. The predicted octanol–water partition coefficient (Wildman–Crippen LogP) is 6.13. The quantitative estimate of drug-likeness (QED) is 0.346. The van der Waals surface area contributed by atoms with Gasteiger partial charge in [-0.15, -0.1) is 0 Å². The van der Waals surface area contributed by atoms with E-state index < -0.39 is 18.2 Å². The number of nitrogens with zero attached hydrogens (tertiary/aromatic N) is 1. The molecule has 1 fully saturated rings. The molecule has 1 aliphatic heterocycles. The van der Waals surface area contributed by atoms with Crippen LogP contribution in [0.3, 0.4) is 0 Å². The molecule has 7 nitrogen and oxygen atoms in total. The van der Waals surface area contributed by atoms with Gasteiger partial charge < -0.3 is 15.4 Å². The Kier molecular flexibility index (Phi) is 8.69. The Bertz CT molecular complexity index is 1330. The summed E-state index contributed by atoms with van der Waals surface area (Å²) in [5.74, 6) is -0.124. The van der Waals surface area contributed by atoms with Gasteiger partial charge in [0.2, 0.25) is 5.91 Å². The molecule has 3 amide bonds. The number of amides is 3. The number of aryl methyl sites for hydroxylation is 1. The Balaban J connectivity index is 1.59. The van der Waals surface area contributed by atoms with E-state index in [1.54, 1.807) is 48.5 Å². The van der Waals surface area contributed by atoms with Crippen molar-refractivity contribution >= 4 is 35.2 Å². The third kappa shape index (κ3) is 6.72. The lowest BCUT2D eigenvalue weighted by Crippen LogP contribution is -2.46. The van der Waals surface area contributed by atoms with Crippen LogP contribution in [-0.2, 0) is 16.1 Å². The van der Waals surface area contributed by atoms with Crippen LogP contribution in [0.1, 0.15) is 53.4 Å². The number of carbonyl (C=O) groups is 3. The molecule has 0 aliphatic carbocycles. The van der Waals surface area contributed by atoms with E-state index in [9.17, 15) is 14.4 Å². The van der Waals surface area contributed by atoms with E-state index in [0.29, 0.717) is 34.3 Å². The molecule has 1 heterocycles. The number of hydrogen-bond donors (Lipinski definition) is 2. The van der Waals surface area contributed by atoms with Crippen molar-refractivity contribution in [3.05, 3.63) is 100 Å². The maximum atomic E-state index is 13.4. The molecule has 1 saturated heterocycles. The van der Waals surface area contributed by atoms with Gasteiger partial charge in [-0.25, -0.2) is 4.79 Å². The van der Waals surface area contributed by atoms with Gasteiger partial charge in [0.15, 0.2) is 12.1 Å². The second kappa shape index (κ2) is 12.1. The van der Waals surface area contributed by atoms with Crippen LogP contribution in [0.25, 0.3) is 0 Å². The van der Waals surface area contributed by atoms with Crippen LogP contribution in [0.15, 0.2) is 72.8 Å². The van der Waals surface area contributed by atoms with Gasteiger partial charge in [-0.1, -0.05) is 67.4 Å². The minimum Gasteiger partial charge on any atom is -0.438 e. The number of ether oxygens (including phenoxy) is 1. The normalized spacial score (nSPS) is 16.9. The van der Waals surface area contributed by atoms with E-state index in [4.69, 9.17) is 16.3 Å². The molecule has 0 aromatic heterocycles. The molecule has 0 spiro atoms. The van der Waals surface area contributed by atoms with Crippen molar-refractivity contribution in [3.63, 3.8) is 0 Å². The molecule has 1 aliphatic rings. The van der Waals surface area contributed by atoms with Gasteiger partial charge in [0.25, 0.3) is 5.91 Å². The predicted molar refractivity (Wildman–Crippen MR) is 148 cm³/mol. The number of cyclic esters (lactones) is 1. The van der Waals surface area contributed by atoms with Gasteiger partial charge in [0, 0.05) is 22.8 Å². The lowest BCUT2D eigenvalue weighted by atomic mass is 9.99. The number of halogens is 1. The lowest BCUT2D eigenvalue weighted by Gasteiger charge is -2.24. The molecule has 38 heavy (non-hydrogen) atoms. The van der Waals surface area contributed by atoms with Crippen molar-refractivity contribution < 1.29 is 19.1 Å². The van der Waals surface area contributed by atoms with E-state index in [2.05, 4.69) is 24.5 Å². The first-order valence-corrected chi connectivity index (χ1v) is 13.1. The SMILES string of the molecule is Cc1cccc(C(=O)Nc2cccc(C3OC(=O)N(Cc4cccc(Cl)c4)C3C(=O)NCCC(C)C)c2)c1. The molecular weight excluding hydrogens is 502 g/mol.